The first kappa shape index (κ1) is 7.16. The molecule has 1 rings (SSSR count). The summed E-state index contributed by atoms with van der Waals surface area (Å²) in [6.07, 6.45) is 5.23. The number of nitrogens with zero attached hydrogens (tertiary/aromatic N) is 1. The van der Waals surface area contributed by atoms with Gasteiger partial charge in [0.05, 0.1) is 0 Å². The number of carbonyl (C=O) groups excluding carboxylic acids is 2. The van der Waals surface area contributed by atoms with Crippen molar-refractivity contribution < 1.29 is 9.59 Å². The quantitative estimate of drug-likeness (QED) is 0.402. The molecule has 1 saturated carbocycles. The van der Waals surface area contributed by atoms with Crippen LogP contribution in [0.1, 0.15) is 25.7 Å². The fourth-order valence-corrected chi connectivity index (χ4v) is 1.31. The molecule has 0 aromatic heterocycles. The van der Waals surface area contributed by atoms with Gasteiger partial charge in [-0.2, -0.15) is 0 Å². The van der Waals surface area contributed by atoms with Gasteiger partial charge >= 0.3 is 0 Å². The average molecular weight is 139 g/mol. The number of hydrogen-bond donors (Lipinski definition) is 0. The molecular formula is C7H9NO2. The Kier molecular flexibility index (Phi) is 2.35. The Balaban J connectivity index is 2.47. The third kappa shape index (κ3) is 1.52. The maximum Gasteiger partial charge on any atom is 0.259 e. The van der Waals surface area contributed by atoms with Crippen LogP contribution in [-0.4, -0.2) is 12.0 Å². The van der Waals surface area contributed by atoms with Gasteiger partial charge in [0.2, 0.25) is 6.08 Å². The van der Waals surface area contributed by atoms with Gasteiger partial charge in [0.15, 0.2) is 0 Å². The Morgan fingerprint density at radius 2 is 2.00 bits per heavy atom. The van der Waals surface area contributed by atoms with Crippen molar-refractivity contribution in [1.29, 1.82) is 0 Å². The first-order valence-corrected chi connectivity index (χ1v) is 3.46. The van der Waals surface area contributed by atoms with Gasteiger partial charge in [0.1, 0.15) is 0 Å². The van der Waals surface area contributed by atoms with Crippen LogP contribution in [0.2, 0.25) is 0 Å². The molecule has 3 nitrogen and oxygen atoms in total. The molecule has 0 spiro atoms. The number of aliphatic imine (C=N–C) groups is 1. The molecule has 0 unspecified atom stereocenters. The number of rotatable bonds is 1. The van der Waals surface area contributed by atoms with E-state index in [1.807, 2.05) is 0 Å². The zero-order chi connectivity index (χ0) is 7.40. The standard InChI is InChI=1S/C7H9NO2/c9-5-8-7(10)6-3-1-2-4-6/h6H,1-4H2. The lowest BCUT2D eigenvalue weighted by Gasteiger charge is -1.98. The summed E-state index contributed by atoms with van der Waals surface area (Å²) >= 11 is 0. The van der Waals surface area contributed by atoms with E-state index in [1.165, 1.54) is 6.08 Å². The molecule has 54 valence electrons. The monoisotopic (exact) mass is 139 g/mol. The molecule has 1 aliphatic carbocycles. The molecule has 0 aromatic carbocycles. The van der Waals surface area contributed by atoms with E-state index in [9.17, 15) is 9.59 Å². The van der Waals surface area contributed by atoms with Crippen molar-refractivity contribution >= 4 is 12.0 Å². The van der Waals surface area contributed by atoms with E-state index in [0.29, 0.717) is 0 Å². The summed E-state index contributed by atoms with van der Waals surface area (Å²) in [4.78, 5) is 23.5. The van der Waals surface area contributed by atoms with Crippen LogP contribution in [0.3, 0.4) is 0 Å². The summed E-state index contributed by atoms with van der Waals surface area (Å²) < 4.78 is 0. The minimum Gasteiger partial charge on any atom is -0.271 e. The minimum absolute atomic E-state index is 0.0152. The van der Waals surface area contributed by atoms with Gasteiger partial charge in [0.25, 0.3) is 5.91 Å². The Morgan fingerprint density at radius 3 is 2.50 bits per heavy atom. The highest BCUT2D eigenvalue weighted by molar-refractivity contribution is 5.83. The Morgan fingerprint density at radius 1 is 1.40 bits per heavy atom. The second kappa shape index (κ2) is 3.28. The normalized spacial score (nSPS) is 18.4. The molecule has 0 aliphatic heterocycles. The van der Waals surface area contributed by atoms with E-state index in [4.69, 9.17) is 0 Å². The van der Waals surface area contributed by atoms with Crippen molar-refractivity contribution in [2.45, 2.75) is 25.7 Å². The third-order valence-corrected chi connectivity index (χ3v) is 1.86. The van der Waals surface area contributed by atoms with Crippen LogP contribution in [0.15, 0.2) is 4.99 Å². The summed E-state index contributed by atoms with van der Waals surface area (Å²) in [5, 5.41) is 0. The molecule has 0 radical (unpaired) electrons. The van der Waals surface area contributed by atoms with E-state index < -0.39 is 0 Å². The molecule has 0 heterocycles. The fraction of sp³-hybridized carbons (Fsp3) is 0.714. The molecular weight excluding hydrogens is 130 g/mol. The summed E-state index contributed by atoms with van der Waals surface area (Å²) in [6, 6.07) is 0. The molecule has 0 N–H and O–H groups in total. The number of carbonyl (C=O) groups is 1. The maximum absolute atomic E-state index is 10.8. The first-order valence-electron chi connectivity index (χ1n) is 3.46. The minimum atomic E-state index is -0.285. The van der Waals surface area contributed by atoms with Crippen molar-refractivity contribution in [1.82, 2.24) is 0 Å². The Hall–Kier alpha value is -0.950. The van der Waals surface area contributed by atoms with E-state index in [-0.39, 0.29) is 11.8 Å². The molecule has 3 heteroatoms. The molecule has 0 bridgehead atoms. The van der Waals surface area contributed by atoms with Crippen molar-refractivity contribution in [3.8, 4) is 0 Å². The van der Waals surface area contributed by atoms with E-state index in [2.05, 4.69) is 4.99 Å². The Bertz CT molecular complexity index is 176. The summed E-state index contributed by atoms with van der Waals surface area (Å²) in [5.74, 6) is -0.269. The van der Waals surface area contributed by atoms with Crippen LogP contribution in [0, 0.1) is 5.92 Å². The smallest absolute Gasteiger partial charge is 0.259 e. The molecule has 0 aromatic rings. The second-order valence-corrected chi connectivity index (χ2v) is 2.52. The summed E-state index contributed by atoms with van der Waals surface area (Å²) in [5.41, 5.74) is 0. The number of hydrogen-bond acceptors (Lipinski definition) is 2. The predicted octanol–water partition coefficient (Wildman–Crippen LogP) is 1.04. The highest BCUT2D eigenvalue weighted by atomic mass is 16.2. The van der Waals surface area contributed by atoms with Crippen molar-refractivity contribution in [3.63, 3.8) is 0 Å². The van der Waals surface area contributed by atoms with Gasteiger partial charge in [-0.25, -0.2) is 4.79 Å². The molecule has 1 fully saturated rings. The zero-order valence-corrected chi connectivity index (χ0v) is 5.67. The maximum atomic E-state index is 10.8. The fourth-order valence-electron chi connectivity index (χ4n) is 1.31. The van der Waals surface area contributed by atoms with Crippen LogP contribution in [0.4, 0.5) is 0 Å². The first-order chi connectivity index (χ1) is 4.84. The van der Waals surface area contributed by atoms with Crippen molar-refractivity contribution in [2.75, 3.05) is 0 Å². The topological polar surface area (TPSA) is 46.5 Å². The lowest BCUT2D eigenvalue weighted by Crippen LogP contribution is -2.06. The van der Waals surface area contributed by atoms with Gasteiger partial charge in [0, 0.05) is 5.92 Å². The Labute approximate surface area is 59.1 Å². The average Bonchev–Trinajstić information content (AvgIpc) is 2.38. The lowest BCUT2D eigenvalue weighted by atomic mass is 10.1. The number of amides is 1. The van der Waals surface area contributed by atoms with Crippen molar-refractivity contribution in [3.05, 3.63) is 0 Å². The molecule has 10 heavy (non-hydrogen) atoms. The second-order valence-electron chi connectivity index (χ2n) is 2.52. The van der Waals surface area contributed by atoms with Crippen LogP contribution in [-0.2, 0) is 9.59 Å². The zero-order valence-electron chi connectivity index (χ0n) is 5.67. The highest BCUT2D eigenvalue weighted by Crippen LogP contribution is 2.25. The van der Waals surface area contributed by atoms with Crippen LogP contribution < -0.4 is 0 Å². The lowest BCUT2D eigenvalue weighted by molar-refractivity contribution is -0.121. The third-order valence-electron chi connectivity index (χ3n) is 1.86. The van der Waals surface area contributed by atoms with Gasteiger partial charge < -0.3 is 0 Å². The van der Waals surface area contributed by atoms with Gasteiger partial charge in [-0.3, -0.25) is 4.79 Å². The molecule has 1 aliphatic rings. The largest absolute Gasteiger partial charge is 0.271 e. The van der Waals surface area contributed by atoms with Crippen LogP contribution in [0.5, 0.6) is 0 Å². The molecule has 1 amide bonds. The van der Waals surface area contributed by atoms with Crippen molar-refractivity contribution in [2.24, 2.45) is 10.9 Å². The van der Waals surface area contributed by atoms with Crippen LogP contribution in [0.25, 0.3) is 0 Å². The van der Waals surface area contributed by atoms with Crippen LogP contribution >= 0.6 is 0 Å². The molecule has 0 atom stereocenters. The van der Waals surface area contributed by atoms with E-state index in [0.717, 1.165) is 25.7 Å². The van der Waals surface area contributed by atoms with Gasteiger partial charge in [-0.05, 0) is 12.8 Å². The molecule has 0 saturated heterocycles. The van der Waals surface area contributed by atoms with E-state index >= 15 is 0 Å². The van der Waals surface area contributed by atoms with E-state index in [1.54, 1.807) is 0 Å². The van der Waals surface area contributed by atoms with Gasteiger partial charge in [-0.1, -0.05) is 12.8 Å². The highest BCUT2D eigenvalue weighted by Gasteiger charge is 2.21. The predicted molar refractivity (Wildman–Crippen MR) is 35.1 cm³/mol. The SMILES string of the molecule is O=C=NC(=O)C1CCCC1. The summed E-state index contributed by atoms with van der Waals surface area (Å²) in [7, 11) is 0. The number of isocyanates is 1. The van der Waals surface area contributed by atoms with Gasteiger partial charge in [-0.15, -0.1) is 4.99 Å². The summed E-state index contributed by atoms with van der Waals surface area (Å²) in [6.45, 7) is 0.